The molecule has 7 nitrogen and oxygen atoms in total. The van der Waals surface area contributed by atoms with Crippen molar-refractivity contribution in [2.45, 2.75) is 19.3 Å². The minimum Gasteiger partial charge on any atom is -0.419 e. The maximum atomic E-state index is 12.6. The maximum absolute atomic E-state index is 12.6. The fourth-order valence-electron chi connectivity index (χ4n) is 3.03. The summed E-state index contributed by atoms with van der Waals surface area (Å²) in [5.74, 6) is -1.29. The van der Waals surface area contributed by atoms with Gasteiger partial charge in [-0.05, 0) is 18.1 Å². The van der Waals surface area contributed by atoms with Crippen LogP contribution in [0.15, 0.2) is 71.5 Å². The van der Waals surface area contributed by atoms with Gasteiger partial charge in [-0.2, -0.15) is 0 Å². The van der Waals surface area contributed by atoms with Crippen molar-refractivity contribution in [3.63, 3.8) is 0 Å². The van der Waals surface area contributed by atoms with Gasteiger partial charge in [0.25, 0.3) is 0 Å². The van der Waals surface area contributed by atoms with Crippen LogP contribution >= 0.6 is 0 Å². The first-order valence-electron chi connectivity index (χ1n) is 8.64. The Bertz CT molecular complexity index is 1010. The molecule has 0 aliphatic heterocycles. The molecule has 0 fully saturated rings. The topological polar surface area (TPSA) is 102 Å². The number of aromatic amines is 1. The fraction of sp³-hybridized carbons (Fsp3) is 0.143. The lowest BCUT2D eigenvalue weighted by Crippen LogP contribution is -2.19. The van der Waals surface area contributed by atoms with Gasteiger partial charge in [0.15, 0.2) is 0 Å². The zero-order valence-electron chi connectivity index (χ0n) is 15.1. The van der Waals surface area contributed by atoms with Gasteiger partial charge in [0.05, 0.1) is 11.3 Å². The molecule has 0 unspecified atom stereocenters. The highest BCUT2D eigenvalue weighted by atomic mass is 16.6. The summed E-state index contributed by atoms with van der Waals surface area (Å²) in [4.78, 5) is 37.1. The third-order valence-corrected chi connectivity index (χ3v) is 4.29. The van der Waals surface area contributed by atoms with Gasteiger partial charge in [-0.1, -0.05) is 60.7 Å². The molecule has 0 spiro atoms. The van der Waals surface area contributed by atoms with Crippen molar-refractivity contribution >= 4 is 11.7 Å². The molecule has 0 saturated heterocycles. The summed E-state index contributed by atoms with van der Waals surface area (Å²) in [5, 5.41) is 11.2. The minimum absolute atomic E-state index is 0.0307. The van der Waals surface area contributed by atoms with Gasteiger partial charge in [-0.25, -0.2) is 0 Å². The van der Waals surface area contributed by atoms with Gasteiger partial charge >= 0.3 is 17.2 Å². The van der Waals surface area contributed by atoms with Gasteiger partial charge in [0.1, 0.15) is 0 Å². The predicted molar refractivity (Wildman–Crippen MR) is 103 cm³/mol. The second-order valence-corrected chi connectivity index (χ2v) is 6.30. The van der Waals surface area contributed by atoms with Crippen LogP contribution in [0.5, 0.6) is 5.75 Å². The number of carbonyl (C=O) groups excluding carboxylic acids is 1. The quantitative estimate of drug-likeness (QED) is 0.400. The summed E-state index contributed by atoms with van der Waals surface area (Å²) in [6.45, 7) is 1.55. The van der Waals surface area contributed by atoms with Crippen molar-refractivity contribution in [2.24, 2.45) is 0 Å². The summed E-state index contributed by atoms with van der Waals surface area (Å²) < 4.78 is 5.24. The van der Waals surface area contributed by atoms with Crippen molar-refractivity contribution in [1.82, 2.24) is 4.98 Å². The monoisotopic (exact) mass is 378 g/mol. The summed E-state index contributed by atoms with van der Waals surface area (Å²) in [6.07, 6.45) is -0.0307. The van der Waals surface area contributed by atoms with Crippen LogP contribution in [0, 0.1) is 17.0 Å². The van der Waals surface area contributed by atoms with E-state index in [1.165, 1.54) is 6.07 Å². The number of H-pyrrole nitrogens is 1. The van der Waals surface area contributed by atoms with Gasteiger partial charge in [-0.3, -0.25) is 19.7 Å². The molecule has 0 saturated carbocycles. The van der Waals surface area contributed by atoms with Crippen LogP contribution in [0.25, 0.3) is 0 Å². The molecular formula is C21H18N2O5. The van der Waals surface area contributed by atoms with E-state index in [1.54, 1.807) is 6.92 Å². The molecule has 0 aliphatic rings. The van der Waals surface area contributed by atoms with Gasteiger partial charge in [-0.15, -0.1) is 0 Å². The Morgan fingerprint density at radius 3 is 2.11 bits per heavy atom. The van der Waals surface area contributed by atoms with Crippen molar-refractivity contribution < 1.29 is 14.5 Å². The zero-order chi connectivity index (χ0) is 20.1. The van der Waals surface area contributed by atoms with Crippen molar-refractivity contribution in [1.29, 1.82) is 0 Å². The first kappa shape index (κ1) is 19.0. The van der Waals surface area contributed by atoms with Gasteiger partial charge in [0.2, 0.25) is 5.75 Å². The van der Waals surface area contributed by atoms with Crippen LogP contribution in [0.1, 0.15) is 29.2 Å². The number of hydrogen-bond acceptors (Lipinski definition) is 5. The molecule has 0 radical (unpaired) electrons. The number of esters is 1. The highest BCUT2D eigenvalue weighted by molar-refractivity contribution is 5.75. The van der Waals surface area contributed by atoms with Crippen molar-refractivity contribution in [3.8, 4) is 5.75 Å². The summed E-state index contributed by atoms with van der Waals surface area (Å²) in [7, 11) is 0. The molecule has 7 heteroatoms. The fourth-order valence-corrected chi connectivity index (χ4v) is 3.03. The number of nitro groups is 1. The number of hydrogen-bond donors (Lipinski definition) is 1. The van der Waals surface area contributed by atoms with E-state index in [4.69, 9.17) is 4.74 Å². The van der Waals surface area contributed by atoms with Crippen LogP contribution in [-0.4, -0.2) is 15.9 Å². The molecule has 0 amide bonds. The molecule has 1 heterocycles. The Labute approximate surface area is 160 Å². The number of pyridine rings is 1. The van der Waals surface area contributed by atoms with Crippen molar-refractivity contribution in [2.75, 3.05) is 0 Å². The van der Waals surface area contributed by atoms with E-state index in [1.807, 2.05) is 60.7 Å². The first-order valence-corrected chi connectivity index (χ1v) is 8.64. The lowest BCUT2D eigenvalue weighted by molar-refractivity contribution is -0.387. The number of benzene rings is 2. The number of carbonyl (C=O) groups is 1. The Kier molecular flexibility index (Phi) is 5.64. The Balaban J connectivity index is 1.90. The van der Waals surface area contributed by atoms with Gasteiger partial charge < -0.3 is 9.72 Å². The van der Waals surface area contributed by atoms with Gasteiger partial charge in [0, 0.05) is 17.7 Å². The number of nitrogens with zero attached hydrogens (tertiary/aromatic N) is 1. The number of rotatable bonds is 6. The number of aromatic nitrogens is 1. The molecule has 0 aliphatic carbocycles. The largest absolute Gasteiger partial charge is 0.419 e. The summed E-state index contributed by atoms with van der Waals surface area (Å²) >= 11 is 0. The lowest BCUT2D eigenvalue weighted by Gasteiger charge is -2.17. The van der Waals surface area contributed by atoms with E-state index in [0.717, 1.165) is 11.1 Å². The number of aryl methyl sites for hydroxylation is 1. The predicted octanol–water partition coefficient (Wildman–Crippen LogP) is 3.72. The molecule has 1 N–H and O–H groups in total. The van der Waals surface area contributed by atoms with E-state index in [9.17, 15) is 19.7 Å². The second kappa shape index (κ2) is 8.30. The zero-order valence-corrected chi connectivity index (χ0v) is 15.1. The Hall–Kier alpha value is -3.74. The Morgan fingerprint density at radius 2 is 1.61 bits per heavy atom. The molecule has 3 aromatic rings. The molecule has 2 aromatic carbocycles. The SMILES string of the molecule is Cc1cc(OC(=O)CC(c2ccccc2)c2ccccc2)c([N+](=O)[O-])c(=O)[nH]1. The normalized spacial score (nSPS) is 10.6. The molecule has 0 bridgehead atoms. The molecule has 142 valence electrons. The maximum Gasteiger partial charge on any atom is 0.376 e. The standard InChI is InChI=1S/C21H18N2O5/c1-14-12-18(20(23(26)27)21(25)22-14)28-19(24)13-17(15-8-4-2-5-9-15)16-10-6-3-7-11-16/h2-12,17H,13H2,1H3,(H,22,25). The van der Waals surface area contributed by atoms with E-state index >= 15 is 0 Å². The second-order valence-electron chi connectivity index (χ2n) is 6.30. The lowest BCUT2D eigenvalue weighted by atomic mass is 9.88. The van der Waals surface area contributed by atoms with Crippen LogP contribution < -0.4 is 10.3 Å². The van der Waals surface area contributed by atoms with E-state index in [-0.39, 0.29) is 18.1 Å². The highest BCUT2D eigenvalue weighted by Gasteiger charge is 2.25. The highest BCUT2D eigenvalue weighted by Crippen LogP contribution is 2.30. The minimum atomic E-state index is -0.907. The number of nitrogens with one attached hydrogen (secondary N) is 1. The van der Waals surface area contributed by atoms with E-state index in [0.29, 0.717) is 5.69 Å². The average molecular weight is 378 g/mol. The first-order chi connectivity index (χ1) is 13.5. The molecular weight excluding hydrogens is 360 g/mol. The Morgan fingerprint density at radius 1 is 1.07 bits per heavy atom. The van der Waals surface area contributed by atoms with Crippen LogP contribution in [0.4, 0.5) is 5.69 Å². The average Bonchev–Trinajstić information content (AvgIpc) is 2.66. The van der Waals surface area contributed by atoms with E-state index in [2.05, 4.69) is 4.98 Å². The summed E-state index contributed by atoms with van der Waals surface area (Å²) in [6, 6.07) is 20.2. The van der Waals surface area contributed by atoms with Crippen LogP contribution in [0.3, 0.4) is 0 Å². The van der Waals surface area contributed by atoms with Crippen LogP contribution in [0.2, 0.25) is 0 Å². The third-order valence-electron chi connectivity index (χ3n) is 4.29. The summed E-state index contributed by atoms with van der Waals surface area (Å²) in [5.41, 5.74) is 0.510. The molecule has 28 heavy (non-hydrogen) atoms. The van der Waals surface area contributed by atoms with Crippen LogP contribution in [-0.2, 0) is 4.79 Å². The molecule has 1 aromatic heterocycles. The molecule has 3 rings (SSSR count). The van der Waals surface area contributed by atoms with Crippen molar-refractivity contribution in [3.05, 3.63) is 104 Å². The smallest absolute Gasteiger partial charge is 0.376 e. The molecule has 0 atom stereocenters. The number of ether oxygens (including phenoxy) is 1. The third kappa shape index (κ3) is 4.32. The van der Waals surface area contributed by atoms with E-state index < -0.39 is 22.1 Å².